The van der Waals surface area contributed by atoms with Gasteiger partial charge in [-0.2, -0.15) is 0 Å². The highest BCUT2D eigenvalue weighted by Crippen LogP contribution is 2.20. The van der Waals surface area contributed by atoms with Crippen LogP contribution in [0.5, 0.6) is 6.01 Å². The van der Waals surface area contributed by atoms with Crippen molar-refractivity contribution in [3.63, 3.8) is 0 Å². The molecule has 0 atom stereocenters. The van der Waals surface area contributed by atoms with Crippen molar-refractivity contribution in [2.24, 2.45) is 0 Å². The zero-order valence-electron chi connectivity index (χ0n) is 13.5. The molecule has 126 valence electrons. The number of halogens is 1. The maximum absolute atomic E-state index is 13.8. The van der Waals surface area contributed by atoms with Gasteiger partial charge in [-0.15, -0.1) is 0 Å². The Kier molecular flexibility index (Phi) is 4.88. The molecule has 0 radical (unpaired) electrons. The van der Waals surface area contributed by atoms with Gasteiger partial charge in [0.15, 0.2) is 6.61 Å². The van der Waals surface area contributed by atoms with E-state index in [1.807, 2.05) is 17.9 Å². The molecule has 1 aliphatic rings. The fourth-order valence-corrected chi connectivity index (χ4v) is 2.62. The van der Waals surface area contributed by atoms with E-state index in [-0.39, 0.29) is 24.3 Å². The first-order valence-corrected chi connectivity index (χ1v) is 7.83. The van der Waals surface area contributed by atoms with Crippen LogP contribution in [0.1, 0.15) is 5.69 Å². The zero-order chi connectivity index (χ0) is 16.9. The highest BCUT2D eigenvalue weighted by Gasteiger charge is 2.23. The number of carbonyl (C=O) groups excluding carboxylic acids is 1. The van der Waals surface area contributed by atoms with Gasteiger partial charge < -0.3 is 14.5 Å². The van der Waals surface area contributed by atoms with Crippen molar-refractivity contribution in [1.82, 2.24) is 14.9 Å². The minimum absolute atomic E-state index is 0.0941. The molecule has 1 amide bonds. The van der Waals surface area contributed by atoms with Crippen LogP contribution in [-0.4, -0.2) is 53.6 Å². The van der Waals surface area contributed by atoms with Gasteiger partial charge in [0.25, 0.3) is 5.91 Å². The minimum atomic E-state index is -0.239. The number of nitrogens with zero attached hydrogens (tertiary/aromatic N) is 4. The molecule has 0 bridgehead atoms. The molecular weight excluding hydrogens is 311 g/mol. The SMILES string of the molecule is Cc1ccnc(OCC(=O)N2CCN(c3ccccc3F)CC2)n1. The van der Waals surface area contributed by atoms with Crippen molar-refractivity contribution in [1.29, 1.82) is 0 Å². The summed E-state index contributed by atoms with van der Waals surface area (Å²) in [7, 11) is 0. The molecule has 1 fully saturated rings. The quantitative estimate of drug-likeness (QED) is 0.853. The number of carbonyl (C=O) groups is 1. The van der Waals surface area contributed by atoms with E-state index in [0.717, 1.165) is 5.69 Å². The molecular formula is C17H19FN4O2. The van der Waals surface area contributed by atoms with Crippen LogP contribution in [0.25, 0.3) is 0 Å². The average molecular weight is 330 g/mol. The highest BCUT2D eigenvalue weighted by molar-refractivity contribution is 5.78. The first kappa shape index (κ1) is 16.2. The lowest BCUT2D eigenvalue weighted by Gasteiger charge is -2.36. The van der Waals surface area contributed by atoms with E-state index in [9.17, 15) is 9.18 Å². The van der Waals surface area contributed by atoms with E-state index in [4.69, 9.17) is 4.74 Å². The van der Waals surface area contributed by atoms with Gasteiger partial charge in [-0.25, -0.2) is 14.4 Å². The molecule has 1 aromatic heterocycles. The Morgan fingerprint density at radius 1 is 1.21 bits per heavy atom. The summed E-state index contributed by atoms with van der Waals surface area (Å²) in [6, 6.07) is 8.65. The molecule has 2 aromatic rings. The number of aryl methyl sites for hydroxylation is 1. The van der Waals surface area contributed by atoms with Crippen molar-refractivity contribution in [2.45, 2.75) is 6.92 Å². The number of hydrogen-bond donors (Lipinski definition) is 0. The topological polar surface area (TPSA) is 58.6 Å². The molecule has 1 aliphatic heterocycles. The number of amides is 1. The molecule has 2 heterocycles. The molecule has 1 saturated heterocycles. The smallest absolute Gasteiger partial charge is 0.317 e. The molecule has 1 aromatic carbocycles. The van der Waals surface area contributed by atoms with Crippen molar-refractivity contribution < 1.29 is 13.9 Å². The number of piperazine rings is 1. The summed E-state index contributed by atoms with van der Waals surface area (Å²) >= 11 is 0. The standard InChI is InChI=1S/C17H19FN4O2/c1-13-6-7-19-17(20-13)24-12-16(23)22-10-8-21(9-11-22)15-5-3-2-4-14(15)18/h2-7H,8-12H2,1H3. The number of benzene rings is 1. The van der Waals surface area contributed by atoms with Crippen LogP contribution >= 0.6 is 0 Å². The first-order chi connectivity index (χ1) is 11.6. The predicted octanol–water partition coefficient (Wildman–Crippen LogP) is 1.65. The van der Waals surface area contributed by atoms with Gasteiger partial charge >= 0.3 is 6.01 Å². The van der Waals surface area contributed by atoms with Gasteiger partial charge in [0, 0.05) is 38.1 Å². The number of anilines is 1. The second-order valence-electron chi connectivity index (χ2n) is 5.59. The van der Waals surface area contributed by atoms with Crippen molar-refractivity contribution >= 4 is 11.6 Å². The summed E-state index contributed by atoms with van der Waals surface area (Å²) in [6.45, 7) is 3.99. The zero-order valence-corrected chi connectivity index (χ0v) is 13.5. The van der Waals surface area contributed by atoms with Crippen LogP contribution < -0.4 is 9.64 Å². The van der Waals surface area contributed by atoms with Crippen LogP contribution in [-0.2, 0) is 4.79 Å². The molecule has 0 spiro atoms. The lowest BCUT2D eigenvalue weighted by molar-refractivity contribution is -0.133. The fourth-order valence-electron chi connectivity index (χ4n) is 2.62. The Morgan fingerprint density at radius 2 is 1.96 bits per heavy atom. The third kappa shape index (κ3) is 3.79. The lowest BCUT2D eigenvalue weighted by Crippen LogP contribution is -2.50. The maximum Gasteiger partial charge on any atom is 0.317 e. The highest BCUT2D eigenvalue weighted by atomic mass is 19.1. The van der Waals surface area contributed by atoms with Crippen LogP contribution in [0, 0.1) is 12.7 Å². The molecule has 3 rings (SSSR count). The summed E-state index contributed by atoms with van der Waals surface area (Å²) in [6.07, 6.45) is 1.59. The van der Waals surface area contributed by atoms with Crippen LogP contribution in [0.3, 0.4) is 0 Å². The molecule has 6 nitrogen and oxygen atoms in total. The van der Waals surface area contributed by atoms with Crippen LogP contribution in [0.15, 0.2) is 36.5 Å². The van der Waals surface area contributed by atoms with Gasteiger partial charge in [-0.3, -0.25) is 4.79 Å². The Balaban J connectivity index is 1.51. The fraction of sp³-hybridized carbons (Fsp3) is 0.353. The van der Waals surface area contributed by atoms with Gasteiger partial charge in [0.1, 0.15) is 5.82 Å². The molecule has 0 unspecified atom stereocenters. The summed E-state index contributed by atoms with van der Waals surface area (Å²) in [4.78, 5) is 23.9. The summed E-state index contributed by atoms with van der Waals surface area (Å²) in [5, 5.41) is 0. The van der Waals surface area contributed by atoms with Gasteiger partial charge in [-0.1, -0.05) is 12.1 Å². The van der Waals surface area contributed by atoms with Gasteiger partial charge in [-0.05, 0) is 25.1 Å². The van der Waals surface area contributed by atoms with Crippen molar-refractivity contribution in [2.75, 3.05) is 37.7 Å². The Labute approximate surface area is 139 Å². The third-order valence-corrected chi connectivity index (χ3v) is 3.92. The normalized spacial score (nSPS) is 14.6. The van der Waals surface area contributed by atoms with Crippen LogP contribution in [0.4, 0.5) is 10.1 Å². The van der Waals surface area contributed by atoms with E-state index in [0.29, 0.717) is 31.9 Å². The van der Waals surface area contributed by atoms with Gasteiger partial charge in [0.05, 0.1) is 5.69 Å². The first-order valence-electron chi connectivity index (χ1n) is 7.83. The van der Waals surface area contributed by atoms with E-state index >= 15 is 0 Å². The lowest BCUT2D eigenvalue weighted by atomic mass is 10.2. The van der Waals surface area contributed by atoms with E-state index in [1.165, 1.54) is 6.07 Å². The summed E-state index contributed by atoms with van der Waals surface area (Å²) in [5.41, 5.74) is 1.36. The minimum Gasteiger partial charge on any atom is -0.453 e. The van der Waals surface area contributed by atoms with E-state index in [1.54, 1.807) is 29.3 Å². The van der Waals surface area contributed by atoms with Crippen molar-refractivity contribution in [3.05, 3.63) is 48.0 Å². The second-order valence-corrected chi connectivity index (χ2v) is 5.59. The Bertz CT molecular complexity index is 717. The van der Waals surface area contributed by atoms with E-state index in [2.05, 4.69) is 9.97 Å². The molecule has 0 saturated carbocycles. The number of hydrogen-bond acceptors (Lipinski definition) is 5. The third-order valence-electron chi connectivity index (χ3n) is 3.92. The van der Waals surface area contributed by atoms with Crippen LogP contribution in [0.2, 0.25) is 0 Å². The number of para-hydroxylation sites is 1. The second kappa shape index (κ2) is 7.25. The molecule has 7 heteroatoms. The summed E-state index contributed by atoms with van der Waals surface area (Å²) < 4.78 is 19.2. The van der Waals surface area contributed by atoms with E-state index < -0.39 is 0 Å². The van der Waals surface area contributed by atoms with Gasteiger partial charge in [0.2, 0.25) is 0 Å². The Morgan fingerprint density at radius 3 is 2.67 bits per heavy atom. The number of ether oxygens (including phenoxy) is 1. The molecule has 0 N–H and O–H groups in total. The van der Waals surface area contributed by atoms with Crippen molar-refractivity contribution in [3.8, 4) is 6.01 Å². The largest absolute Gasteiger partial charge is 0.453 e. The maximum atomic E-state index is 13.8. The molecule has 0 aliphatic carbocycles. The molecule has 24 heavy (non-hydrogen) atoms. The Hall–Kier alpha value is -2.70. The average Bonchev–Trinajstić information content (AvgIpc) is 2.60. The predicted molar refractivity (Wildman–Crippen MR) is 87.5 cm³/mol. The number of rotatable bonds is 4. The summed E-state index contributed by atoms with van der Waals surface area (Å²) in [5.74, 6) is -0.356. The number of aromatic nitrogens is 2. The monoisotopic (exact) mass is 330 g/mol.